The van der Waals surface area contributed by atoms with E-state index in [-0.39, 0.29) is 18.5 Å². The fourth-order valence-corrected chi connectivity index (χ4v) is 1.79. The normalized spacial score (nSPS) is 13.0. The predicted molar refractivity (Wildman–Crippen MR) is 74.4 cm³/mol. The molecule has 1 aromatic heterocycles. The van der Waals surface area contributed by atoms with Gasteiger partial charge in [-0.05, 0) is 11.8 Å². The standard InChI is InChI=1S/C13H21N3O4/c1-13(2,3)6-9(17)7-14-11(19)8-16-12(20)5-4-10(18)15-16/h4-5,9,17H,6-8H2,1-3H3,(H,14,19)(H,15,18). The smallest absolute Gasteiger partial charge is 0.265 e. The van der Waals surface area contributed by atoms with Gasteiger partial charge in [0.05, 0.1) is 6.10 Å². The third-order valence-electron chi connectivity index (χ3n) is 2.57. The highest BCUT2D eigenvalue weighted by molar-refractivity contribution is 5.75. The van der Waals surface area contributed by atoms with E-state index < -0.39 is 23.1 Å². The molecule has 0 bridgehead atoms. The summed E-state index contributed by atoms with van der Waals surface area (Å²) in [5, 5.41) is 14.5. The molecule has 0 aliphatic heterocycles. The fourth-order valence-electron chi connectivity index (χ4n) is 1.79. The van der Waals surface area contributed by atoms with Crippen LogP contribution in [-0.2, 0) is 11.3 Å². The largest absolute Gasteiger partial charge is 0.391 e. The number of aromatic nitrogens is 2. The van der Waals surface area contributed by atoms with Crippen molar-refractivity contribution in [3.05, 3.63) is 32.8 Å². The van der Waals surface area contributed by atoms with Gasteiger partial charge in [0.1, 0.15) is 6.54 Å². The molecule has 1 aromatic rings. The second kappa shape index (κ2) is 6.51. The maximum Gasteiger partial charge on any atom is 0.265 e. The summed E-state index contributed by atoms with van der Waals surface area (Å²) in [6.07, 6.45) is -0.0967. The van der Waals surface area contributed by atoms with Crippen molar-refractivity contribution in [1.29, 1.82) is 0 Å². The minimum absolute atomic E-state index is 0.0360. The first-order valence-electron chi connectivity index (χ1n) is 6.42. The molecule has 0 radical (unpaired) electrons. The van der Waals surface area contributed by atoms with E-state index in [1.807, 2.05) is 20.8 Å². The van der Waals surface area contributed by atoms with Crippen LogP contribution in [0.4, 0.5) is 0 Å². The van der Waals surface area contributed by atoms with Crippen molar-refractivity contribution in [2.75, 3.05) is 6.54 Å². The van der Waals surface area contributed by atoms with E-state index >= 15 is 0 Å². The first kappa shape index (κ1) is 16.2. The molecule has 1 rings (SSSR count). The van der Waals surface area contributed by atoms with Crippen molar-refractivity contribution in [1.82, 2.24) is 15.1 Å². The third-order valence-corrected chi connectivity index (χ3v) is 2.57. The Morgan fingerprint density at radius 1 is 1.40 bits per heavy atom. The molecule has 1 amide bonds. The number of nitrogens with one attached hydrogen (secondary N) is 2. The summed E-state index contributed by atoms with van der Waals surface area (Å²) in [5.74, 6) is -0.443. The van der Waals surface area contributed by atoms with E-state index in [4.69, 9.17) is 0 Å². The van der Waals surface area contributed by atoms with Gasteiger partial charge in [-0.3, -0.25) is 19.5 Å². The Morgan fingerprint density at radius 3 is 2.65 bits per heavy atom. The average Bonchev–Trinajstić information content (AvgIpc) is 2.29. The Hall–Kier alpha value is -1.89. The van der Waals surface area contributed by atoms with Crippen molar-refractivity contribution in [3.63, 3.8) is 0 Å². The molecule has 0 aliphatic carbocycles. The van der Waals surface area contributed by atoms with Crippen molar-refractivity contribution >= 4 is 5.91 Å². The molecule has 7 heteroatoms. The SMILES string of the molecule is CC(C)(C)CC(O)CNC(=O)Cn1[nH]c(=O)ccc1=O. The van der Waals surface area contributed by atoms with Crippen LogP contribution < -0.4 is 16.4 Å². The van der Waals surface area contributed by atoms with Gasteiger partial charge in [-0.15, -0.1) is 0 Å². The lowest BCUT2D eigenvalue weighted by Gasteiger charge is -2.22. The molecule has 0 saturated heterocycles. The number of rotatable bonds is 5. The van der Waals surface area contributed by atoms with Crippen LogP contribution in [0.2, 0.25) is 0 Å². The number of nitrogens with zero attached hydrogens (tertiary/aromatic N) is 1. The van der Waals surface area contributed by atoms with Gasteiger partial charge in [0.15, 0.2) is 0 Å². The molecular formula is C13H21N3O4. The lowest BCUT2D eigenvalue weighted by molar-refractivity contribution is -0.122. The number of hydrogen-bond acceptors (Lipinski definition) is 4. The van der Waals surface area contributed by atoms with Crippen LogP contribution in [-0.4, -0.2) is 33.4 Å². The zero-order valence-electron chi connectivity index (χ0n) is 12.0. The van der Waals surface area contributed by atoms with Gasteiger partial charge in [-0.1, -0.05) is 20.8 Å². The predicted octanol–water partition coefficient (Wildman–Crippen LogP) is -0.550. The van der Waals surface area contributed by atoms with Gasteiger partial charge < -0.3 is 10.4 Å². The molecule has 1 unspecified atom stereocenters. The molecule has 1 heterocycles. The zero-order valence-corrected chi connectivity index (χ0v) is 12.0. The second-order valence-electron chi connectivity index (χ2n) is 5.96. The number of amides is 1. The molecule has 0 aliphatic rings. The highest BCUT2D eigenvalue weighted by Gasteiger charge is 2.17. The van der Waals surface area contributed by atoms with Crippen molar-refractivity contribution in [3.8, 4) is 0 Å². The molecule has 20 heavy (non-hydrogen) atoms. The van der Waals surface area contributed by atoms with Crippen LogP contribution in [0.5, 0.6) is 0 Å². The van der Waals surface area contributed by atoms with E-state index in [2.05, 4.69) is 10.4 Å². The van der Waals surface area contributed by atoms with Crippen molar-refractivity contribution in [2.45, 2.75) is 39.8 Å². The number of aliphatic hydroxyl groups excluding tert-OH is 1. The van der Waals surface area contributed by atoms with E-state index in [0.717, 1.165) is 16.8 Å². The van der Waals surface area contributed by atoms with E-state index in [1.54, 1.807) is 0 Å². The first-order chi connectivity index (χ1) is 9.17. The van der Waals surface area contributed by atoms with Gasteiger partial charge in [-0.2, -0.15) is 0 Å². The number of aliphatic hydroxyl groups is 1. The molecule has 3 N–H and O–H groups in total. The van der Waals surface area contributed by atoms with Crippen LogP contribution in [0.25, 0.3) is 0 Å². The number of H-pyrrole nitrogens is 1. The van der Waals surface area contributed by atoms with Gasteiger partial charge >= 0.3 is 0 Å². The molecular weight excluding hydrogens is 262 g/mol. The van der Waals surface area contributed by atoms with E-state index in [9.17, 15) is 19.5 Å². The molecule has 0 aromatic carbocycles. The molecule has 112 valence electrons. The Bertz CT molecular complexity index is 568. The molecule has 0 saturated carbocycles. The summed E-state index contributed by atoms with van der Waals surface area (Å²) < 4.78 is 0.924. The minimum Gasteiger partial charge on any atom is -0.391 e. The topological polar surface area (TPSA) is 104 Å². The van der Waals surface area contributed by atoms with Crippen LogP contribution >= 0.6 is 0 Å². The number of hydrogen-bond donors (Lipinski definition) is 3. The zero-order chi connectivity index (χ0) is 15.3. The summed E-state index contributed by atoms with van der Waals surface area (Å²) in [7, 11) is 0. The van der Waals surface area contributed by atoms with Crippen molar-refractivity contribution < 1.29 is 9.90 Å². The lowest BCUT2D eigenvalue weighted by Crippen LogP contribution is -2.39. The summed E-state index contributed by atoms with van der Waals surface area (Å²) in [5.41, 5.74) is -0.952. The Morgan fingerprint density at radius 2 is 2.05 bits per heavy atom. The fraction of sp³-hybridized carbons (Fsp3) is 0.615. The van der Waals surface area contributed by atoms with Crippen molar-refractivity contribution in [2.24, 2.45) is 5.41 Å². The van der Waals surface area contributed by atoms with Gasteiger partial charge in [0.2, 0.25) is 5.91 Å². The number of aromatic amines is 1. The van der Waals surface area contributed by atoms with Gasteiger partial charge in [0.25, 0.3) is 11.1 Å². The lowest BCUT2D eigenvalue weighted by atomic mass is 9.89. The summed E-state index contributed by atoms with van der Waals surface area (Å²) in [4.78, 5) is 34.1. The Balaban J connectivity index is 2.50. The highest BCUT2D eigenvalue weighted by Crippen LogP contribution is 2.20. The molecule has 0 fully saturated rings. The number of carbonyl (C=O) groups excluding carboxylic acids is 1. The van der Waals surface area contributed by atoms with Crippen LogP contribution in [0.1, 0.15) is 27.2 Å². The van der Waals surface area contributed by atoms with Crippen LogP contribution in [0.3, 0.4) is 0 Å². The minimum atomic E-state index is -0.648. The third kappa shape index (κ3) is 5.83. The average molecular weight is 283 g/mol. The summed E-state index contributed by atoms with van der Waals surface area (Å²) in [6, 6.07) is 2.20. The van der Waals surface area contributed by atoms with Crippen LogP contribution in [0, 0.1) is 5.41 Å². The maximum absolute atomic E-state index is 11.6. The summed E-state index contributed by atoms with van der Waals surface area (Å²) in [6.45, 7) is 5.81. The van der Waals surface area contributed by atoms with Crippen LogP contribution in [0.15, 0.2) is 21.7 Å². The maximum atomic E-state index is 11.6. The highest BCUT2D eigenvalue weighted by atomic mass is 16.3. The monoisotopic (exact) mass is 283 g/mol. The first-order valence-corrected chi connectivity index (χ1v) is 6.42. The Labute approximate surface area is 116 Å². The quantitative estimate of drug-likeness (QED) is 0.674. The van der Waals surface area contributed by atoms with E-state index in [1.165, 1.54) is 0 Å². The molecule has 7 nitrogen and oxygen atoms in total. The van der Waals surface area contributed by atoms with Gasteiger partial charge in [-0.25, -0.2) is 4.68 Å². The molecule has 1 atom stereocenters. The van der Waals surface area contributed by atoms with Gasteiger partial charge in [0, 0.05) is 18.7 Å². The van der Waals surface area contributed by atoms with E-state index in [0.29, 0.717) is 6.42 Å². The number of carbonyl (C=O) groups is 1. The second-order valence-corrected chi connectivity index (χ2v) is 5.96. The Kier molecular flexibility index (Phi) is 5.26. The molecule has 0 spiro atoms. The summed E-state index contributed by atoms with van der Waals surface area (Å²) >= 11 is 0.